The van der Waals surface area contributed by atoms with E-state index in [9.17, 15) is 8.78 Å². The van der Waals surface area contributed by atoms with Crippen LogP contribution in [-0.2, 0) is 0 Å². The average Bonchev–Trinajstić information content (AvgIpc) is 2.16. The highest BCUT2D eigenvalue weighted by Crippen LogP contribution is 2.27. The summed E-state index contributed by atoms with van der Waals surface area (Å²) >= 11 is 0. The van der Waals surface area contributed by atoms with Gasteiger partial charge in [-0.25, -0.2) is 8.78 Å². The summed E-state index contributed by atoms with van der Waals surface area (Å²) in [6.07, 6.45) is 1.05. The zero-order chi connectivity index (χ0) is 10.6. The molecule has 0 aromatic rings. The zero-order valence-corrected chi connectivity index (χ0v) is 8.81. The summed E-state index contributed by atoms with van der Waals surface area (Å²) in [5.41, 5.74) is 5.49. The molecular weight excluding hydrogens is 186 g/mol. The predicted octanol–water partition coefficient (Wildman–Crippen LogP) is 1.70. The Kier molecular flexibility index (Phi) is 4.26. The van der Waals surface area contributed by atoms with Crippen molar-refractivity contribution < 1.29 is 8.78 Å². The van der Waals surface area contributed by atoms with Crippen LogP contribution in [0.5, 0.6) is 0 Å². The summed E-state index contributed by atoms with van der Waals surface area (Å²) < 4.78 is 25.6. The Morgan fingerprint density at radius 3 is 2.43 bits per heavy atom. The summed E-state index contributed by atoms with van der Waals surface area (Å²) in [6.45, 7) is 4.76. The number of halogens is 2. The summed E-state index contributed by atoms with van der Waals surface area (Å²) in [6, 6.07) is 0. The van der Waals surface area contributed by atoms with Crippen LogP contribution in [0.1, 0.15) is 26.2 Å². The highest BCUT2D eigenvalue weighted by atomic mass is 19.3. The van der Waals surface area contributed by atoms with E-state index in [0.717, 1.165) is 13.0 Å². The molecule has 0 saturated carbocycles. The topological polar surface area (TPSA) is 29.3 Å². The summed E-state index contributed by atoms with van der Waals surface area (Å²) in [5, 5.41) is 0. The van der Waals surface area contributed by atoms with E-state index in [-0.39, 0.29) is 12.8 Å². The van der Waals surface area contributed by atoms with E-state index in [1.165, 1.54) is 0 Å². The van der Waals surface area contributed by atoms with E-state index in [0.29, 0.717) is 25.6 Å². The van der Waals surface area contributed by atoms with Gasteiger partial charge in [-0.15, -0.1) is 0 Å². The third kappa shape index (κ3) is 3.88. The second-order valence-corrected chi connectivity index (χ2v) is 4.33. The second kappa shape index (κ2) is 5.03. The van der Waals surface area contributed by atoms with Crippen molar-refractivity contribution in [3.63, 3.8) is 0 Å². The number of hydrogen-bond donors (Lipinski definition) is 1. The van der Waals surface area contributed by atoms with Gasteiger partial charge in [-0.3, -0.25) is 0 Å². The molecule has 0 amide bonds. The Balaban J connectivity index is 2.16. The molecule has 0 aliphatic carbocycles. The van der Waals surface area contributed by atoms with Gasteiger partial charge >= 0.3 is 0 Å². The van der Waals surface area contributed by atoms with Crippen LogP contribution in [0.3, 0.4) is 0 Å². The first-order valence-electron chi connectivity index (χ1n) is 5.34. The Morgan fingerprint density at radius 1 is 1.36 bits per heavy atom. The molecule has 2 N–H and O–H groups in total. The van der Waals surface area contributed by atoms with E-state index in [2.05, 4.69) is 11.8 Å². The number of hydrogen-bond acceptors (Lipinski definition) is 2. The van der Waals surface area contributed by atoms with Crippen molar-refractivity contribution in [2.45, 2.75) is 32.1 Å². The van der Waals surface area contributed by atoms with E-state index >= 15 is 0 Å². The molecule has 14 heavy (non-hydrogen) atoms. The zero-order valence-electron chi connectivity index (χ0n) is 8.81. The monoisotopic (exact) mass is 206 g/mol. The fourth-order valence-corrected chi connectivity index (χ4v) is 1.62. The van der Waals surface area contributed by atoms with Crippen molar-refractivity contribution in [1.82, 2.24) is 4.90 Å². The summed E-state index contributed by atoms with van der Waals surface area (Å²) in [5.74, 6) is -1.92. The standard InChI is InChI=1S/C10H20F2N2/c1-9(8-13)2-5-14-6-3-10(11,12)4-7-14/h9H,2-8,13H2,1H3. The normalized spacial score (nSPS) is 24.9. The van der Waals surface area contributed by atoms with Gasteiger partial charge < -0.3 is 10.6 Å². The van der Waals surface area contributed by atoms with Gasteiger partial charge in [-0.05, 0) is 25.4 Å². The third-order valence-corrected chi connectivity index (χ3v) is 2.93. The van der Waals surface area contributed by atoms with Crippen LogP contribution in [0.25, 0.3) is 0 Å². The molecule has 1 unspecified atom stereocenters. The lowest BCUT2D eigenvalue weighted by molar-refractivity contribution is -0.0555. The van der Waals surface area contributed by atoms with Crippen LogP contribution < -0.4 is 5.73 Å². The van der Waals surface area contributed by atoms with Gasteiger partial charge in [0, 0.05) is 25.9 Å². The highest BCUT2D eigenvalue weighted by molar-refractivity contribution is 4.77. The van der Waals surface area contributed by atoms with Crippen molar-refractivity contribution in [1.29, 1.82) is 0 Å². The summed E-state index contributed by atoms with van der Waals surface area (Å²) in [7, 11) is 0. The lowest BCUT2D eigenvalue weighted by Crippen LogP contribution is -2.40. The number of rotatable bonds is 4. The molecule has 0 bridgehead atoms. The lowest BCUT2D eigenvalue weighted by Gasteiger charge is -2.32. The van der Waals surface area contributed by atoms with E-state index in [4.69, 9.17) is 5.73 Å². The number of nitrogens with two attached hydrogens (primary N) is 1. The van der Waals surface area contributed by atoms with Crippen LogP contribution in [0.2, 0.25) is 0 Å². The van der Waals surface area contributed by atoms with Gasteiger partial charge in [0.05, 0.1) is 0 Å². The SMILES string of the molecule is CC(CN)CCN1CCC(F)(F)CC1. The maximum absolute atomic E-state index is 12.8. The van der Waals surface area contributed by atoms with Gasteiger partial charge in [-0.2, -0.15) is 0 Å². The Morgan fingerprint density at radius 2 is 1.93 bits per heavy atom. The van der Waals surface area contributed by atoms with Crippen molar-refractivity contribution in [2.24, 2.45) is 11.7 Å². The molecule has 1 heterocycles. The first-order valence-corrected chi connectivity index (χ1v) is 5.34. The average molecular weight is 206 g/mol. The number of nitrogens with zero attached hydrogens (tertiary/aromatic N) is 1. The Labute approximate surface area is 84.4 Å². The van der Waals surface area contributed by atoms with Crippen LogP contribution in [0.4, 0.5) is 8.78 Å². The van der Waals surface area contributed by atoms with Gasteiger partial charge in [0.2, 0.25) is 0 Å². The minimum Gasteiger partial charge on any atom is -0.330 e. The molecule has 1 rings (SSSR count). The smallest absolute Gasteiger partial charge is 0.250 e. The highest BCUT2D eigenvalue weighted by Gasteiger charge is 2.33. The van der Waals surface area contributed by atoms with Gasteiger partial charge in [-0.1, -0.05) is 6.92 Å². The number of alkyl halides is 2. The predicted molar refractivity (Wildman–Crippen MR) is 53.5 cm³/mol. The lowest BCUT2D eigenvalue weighted by atomic mass is 10.0. The van der Waals surface area contributed by atoms with Crippen LogP contribution in [-0.4, -0.2) is 37.0 Å². The van der Waals surface area contributed by atoms with Crippen LogP contribution in [0, 0.1) is 5.92 Å². The fraction of sp³-hybridized carbons (Fsp3) is 1.00. The molecule has 1 saturated heterocycles. The van der Waals surface area contributed by atoms with Crippen molar-refractivity contribution in [3.05, 3.63) is 0 Å². The quantitative estimate of drug-likeness (QED) is 0.758. The molecular formula is C10H20F2N2. The fourth-order valence-electron chi connectivity index (χ4n) is 1.62. The largest absolute Gasteiger partial charge is 0.330 e. The van der Waals surface area contributed by atoms with Gasteiger partial charge in [0.1, 0.15) is 0 Å². The van der Waals surface area contributed by atoms with Crippen molar-refractivity contribution >= 4 is 0 Å². The number of likely N-dealkylation sites (tertiary alicyclic amines) is 1. The molecule has 0 radical (unpaired) electrons. The molecule has 0 aromatic heterocycles. The van der Waals surface area contributed by atoms with Gasteiger partial charge in [0.25, 0.3) is 5.92 Å². The molecule has 1 aliphatic rings. The maximum atomic E-state index is 12.8. The molecule has 1 aliphatic heterocycles. The molecule has 0 aromatic carbocycles. The Bertz CT molecular complexity index is 164. The molecule has 84 valence electrons. The van der Waals surface area contributed by atoms with E-state index in [1.807, 2.05) is 0 Å². The first kappa shape index (κ1) is 11.9. The first-order chi connectivity index (χ1) is 6.53. The molecule has 4 heteroatoms. The van der Waals surface area contributed by atoms with Crippen molar-refractivity contribution in [2.75, 3.05) is 26.2 Å². The summed E-state index contributed by atoms with van der Waals surface area (Å²) in [4.78, 5) is 2.11. The molecule has 0 spiro atoms. The van der Waals surface area contributed by atoms with Crippen molar-refractivity contribution in [3.8, 4) is 0 Å². The van der Waals surface area contributed by atoms with Gasteiger partial charge in [0.15, 0.2) is 0 Å². The second-order valence-electron chi connectivity index (χ2n) is 4.33. The van der Waals surface area contributed by atoms with Crippen LogP contribution in [0.15, 0.2) is 0 Å². The molecule has 1 atom stereocenters. The molecule has 2 nitrogen and oxygen atoms in total. The maximum Gasteiger partial charge on any atom is 0.250 e. The minimum absolute atomic E-state index is 0.0179. The third-order valence-electron chi connectivity index (χ3n) is 2.93. The van der Waals surface area contributed by atoms with E-state index < -0.39 is 5.92 Å². The minimum atomic E-state index is -2.42. The Hall–Kier alpha value is -0.220. The number of piperidine rings is 1. The van der Waals surface area contributed by atoms with Crippen LogP contribution >= 0.6 is 0 Å². The van der Waals surface area contributed by atoms with E-state index in [1.54, 1.807) is 0 Å². The molecule has 1 fully saturated rings.